The van der Waals surface area contributed by atoms with Gasteiger partial charge in [0.15, 0.2) is 29.4 Å². The molecule has 1 aliphatic heterocycles. The highest BCUT2D eigenvalue weighted by Crippen LogP contribution is 2.40. The lowest BCUT2D eigenvalue weighted by molar-refractivity contribution is 0.111. The van der Waals surface area contributed by atoms with E-state index in [0.717, 1.165) is 6.07 Å². The van der Waals surface area contributed by atoms with Gasteiger partial charge in [0, 0.05) is 6.07 Å². The van der Waals surface area contributed by atoms with E-state index >= 15 is 0 Å². The number of phenolic OH excluding ortho intramolecular Hbond substituents is 1. The van der Waals surface area contributed by atoms with Crippen LogP contribution in [0.15, 0.2) is 6.07 Å². The molecule has 0 fully saturated rings. The third kappa shape index (κ3) is 1.00. The molecule has 1 aromatic rings. The Morgan fingerprint density at radius 3 is 3.00 bits per heavy atom. The van der Waals surface area contributed by atoms with Crippen molar-refractivity contribution in [2.45, 2.75) is 0 Å². The first kappa shape index (κ1) is 7.85. The van der Waals surface area contributed by atoms with Crippen molar-refractivity contribution < 1.29 is 23.8 Å². The normalized spacial score (nSPS) is 13.0. The molecular formula is C8H5FO4. The first-order valence-corrected chi connectivity index (χ1v) is 3.50. The highest BCUT2D eigenvalue weighted by atomic mass is 19.1. The van der Waals surface area contributed by atoms with Crippen molar-refractivity contribution >= 4 is 6.29 Å². The second-order valence-electron chi connectivity index (χ2n) is 2.47. The summed E-state index contributed by atoms with van der Waals surface area (Å²) in [5.74, 6) is -1.38. The van der Waals surface area contributed by atoms with Gasteiger partial charge in [-0.2, -0.15) is 0 Å². The van der Waals surface area contributed by atoms with Gasteiger partial charge in [-0.25, -0.2) is 4.39 Å². The van der Waals surface area contributed by atoms with Crippen molar-refractivity contribution in [1.82, 2.24) is 0 Å². The Balaban J connectivity index is 2.71. The molecule has 0 amide bonds. The van der Waals surface area contributed by atoms with E-state index in [-0.39, 0.29) is 23.9 Å². The topological polar surface area (TPSA) is 55.8 Å². The van der Waals surface area contributed by atoms with Crippen LogP contribution >= 0.6 is 0 Å². The molecule has 1 heterocycles. The monoisotopic (exact) mass is 184 g/mol. The van der Waals surface area contributed by atoms with Crippen molar-refractivity contribution in [2.75, 3.05) is 6.79 Å². The van der Waals surface area contributed by atoms with E-state index in [0.29, 0.717) is 6.29 Å². The largest absolute Gasteiger partial charge is 0.504 e. The Labute approximate surface area is 72.5 Å². The van der Waals surface area contributed by atoms with Crippen LogP contribution in [0.5, 0.6) is 17.2 Å². The van der Waals surface area contributed by atoms with Crippen LogP contribution in [0.4, 0.5) is 4.39 Å². The molecule has 0 saturated carbocycles. The Morgan fingerprint density at radius 1 is 1.54 bits per heavy atom. The molecule has 2 rings (SSSR count). The van der Waals surface area contributed by atoms with Crippen LogP contribution in [0.2, 0.25) is 0 Å². The summed E-state index contributed by atoms with van der Waals surface area (Å²) in [5, 5.41) is 9.12. The minimum atomic E-state index is -0.897. The van der Waals surface area contributed by atoms with Gasteiger partial charge in [0.2, 0.25) is 6.79 Å². The molecule has 13 heavy (non-hydrogen) atoms. The number of carbonyl (C=O) groups is 1. The molecule has 0 spiro atoms. The zero-order valence-electron chi connectivity index (χ0n) is 6.41. The summed E-state index contributed by atoms with van der Waals surface area (Å²) >= 11 is 0. The van der Waals surface area contributed by atoms with Crippen molar-refractivity contribution in [3.63, 3.8) is 0 Å². The second-order valence-corrected chi connectivity index (χ2v) is 2.47. The number of carbonyl (C=O) groups excluding carboxylic acids is 1. The van der Waals surface area contributed by atoms with Crippen LogP contribution in [0, 0.1) is 5.82 Å². The third-order valence-electron chi connectivity index (χ3n) is 1.74. The molecule has 1 N–H and O–H groups in total. The van der Waals surface area contributed by atoms with Gasteiger partial charge in [0.25, 0.3) is 0 Å². The molecule has 1 aliphatic rings. The number of aldehydes is 1. The SMILES string of the molecule is O=Cc1c(O)c(F)cc2c1OCO2. The van der Waals surface area contributed by atoms with Crippen molar-refractivity contribution in [1.29, 1.82) is 0 Å². The second kappa shape index (κ2) is 2.62. The maximum absolute atomic E-state index is 12.9. The molecular weight excluding hydrogens is 179 g/mol. The summed E-state index contributed by atoms with van der Waals surface area (Å²) in [6.07, 6.45) is 0.325. The fraction of sp³-hybridized carbons (Fsp3) is 0.125. The van der Waals surface area contributed by atoms with E-state index < -0.39 is 11.6 Å². The molecule has 0 radical (unpaired) electrons. The Hall–Kier alpha value is -1.78. The number of aromatic hydroxyl groups is 1. The lowest BCUT2D eigenvalue weighted by Crippen LogP contribution is -1.94. The van der Waals surface area contributed by atoms with Gasteiger partial charge < -0.3 is 14.6 Å². The van der Waals surface area contributed by atoms with E-state index in [9.17, 15) is 9.18 Å². The van der Waals surface area contributed by atoms with Crippen LogP contribution in [0.25, 0.3) is 0 Å². The lowest BCUT2D eigenvalue weighted by Gasteiger charge is -2.02. The summed E-state index contributed by atoms with van der Waals surface area (Å²) in [4.78, 5) is 10.5. The summed E-state index contributed by atoms with van der Waals surface area (Å²) in [5.41, 5.74) is -0.215. The Morgan fingerprint density at radius 2 is 2.31 bits per heavy atom. The molecule has 5 heteroatoms. The average Bonchev–Trinajstić information content (AvgIpc) is 2.54. The fourth-order valence-corrected chi connectivity index (χ4v) is 1.14. The van der Waals surface area contributed by atoms with E-state index in [1.54, 1.807) is 0 Å². The molecule has 1 aromatic carbocycles. The zero-order valence-corrected chi connectivity index (χ0v) is 6.41. The predicted molar refractivity (Wildman–Crippen MR) is 39.6 cm³/mol. The van der Waals surface area contributed by atoms with Gasteiger partial charge in [-0.3, -0.25) is 4.79 Å². The molecule has 0 bridgehead atoms. The van der Waals surface area contributed by atoms with Crippen molar-refractivity contribution in [3.8, 4) is 17.2 Å². The highest BCUT2D eigenvalue weighted by molar-refractivity contribution is 5.85. The standard InChI is InChI=1S/C8H5FO4/c9-5-1-6-8(13-3-12-6)4(2-10)7(5)11/h1-2,11H,3H2. The maximum Gasteiger partial charge on any atom is 0.231 e. The maximum atomic E-state index is 12.9. The molecule has 68 valence electrons. The molecule has 0 unspecified atom stereocenters. The van der Waals surface area contributed by atoms with Crippen LogP contribution < -0.4 is 9.47 Å². The van der Waals surface area contributed by atoms with Crippen molar-refractivity contribution in [3.05, 3.63) is 17.4 Å². The Kier molecular flexibility index (Phi) is 1.58. The first-order chi connectivity index (χ1) is 6.24. The number of benzene rings is 1. The van der Waals surface area contributed by atoms with E-state index in [1.807, 2.05) is 0 Å². The van der Waals surface area contributed by atoms with Crippen LogP contribution in [-0.4, -0.2) is 18.2 Å². The number of phenols is 1. The van der Waals surface area contributed by atoms with Gasteiger partial charge in [-0.15, -0.1) is 0 Å². The van der Waals surface area contributed by atoms with Crippen LogP contribution in [0.3, 0.4) is 0 Å². The van der Waals surface area contributed by atoms with Crippen LogP contribution in [-0.2, 0) is 0 Å². The molecule has 0 aromatic heterocycles. The van der Waals surface area contributed by atoms with Gasteiger partial charge in [-0.05, 0) is 0 Å². The lowest BCUT2D eigenvalue weighted by atomic mass is 10.2. The number of hydrogen-bond acceptors (Lipinski definition) is 4. The van der Waals surface area contributed by atoms with Gasteiger partial charge >= 0.3 is 0 Å². The summed E-state index contributed by atoms with van der Waals surface area (Å²) in [6, 6.07) is 0.977. The number of halogens is 1. The van der Waals surface area contributed by atoms with E-state index in [2.05, 4.69) is 0 Å². The molecule has 0 saturated heterocycles. The van der Waals surface area contributed by atoms with Gasteiger partial charge in [-0.1, -0.05) is 0 Å². The highest BCUT2D eigenvalue weighted by Gasteiger charge is 2.23. The number of rotatable bonds is 1. The molecule has 4 nitrogen and oxygen atoms in total. The summed E-state index contributed by atoms with van der Waals surface area (Å²) in [7, 11) is 0. The van der Waals surface area contributed by atoms with E-state index in [4.69, 9.17) is 14.6 Å². The number of ether oxygens (including phenoxy) is 2. The summed E-state index contributed by atoms with van der Waals surface area (Å²) in [6.45, 7) is -0.0704. The minimum Gasteiger partial charge on any atom is -0.504 e. The predicted octanol–water partition coefficient (Wildman–Crippen LogP) is 1.07. The van der Waals surface area contributed by atoms with Gasteiger partial charge in [0.1, 0.15) is 5.56 Å². The fourth-order valence-electron chi connectivity index (χ4n) is 1.14. The van der Waals surface area contributed by atoms with E-state index in [1.165, 1.54) is 0 Å². The third-order valence-corrected chi connectivity index (χ3v) is 1.74. The summed E-state index contributed by atoms with van der Waals surface area (Å²) < 4.78 is 22.6. The number of hydrogen-bond donors (Lipinski definition) is 1. The van der Waals surface area contributed by atoms with Gasteiger partial charge in [0.05, 0.1) is 0 Å². The molecule has 0 atom stereocenters. The van der Waals surface area contributed by atoms with Crippen LogP contribution in [0.1, 0.15) is 10.4 Å². The minimum absolute atomic E-state index is 0.0704. The smallest absolute Gasteiger partial charge is 0.231 e. The zero-order chi connectivity index (χ0) is 9.42. The quantitative estimate of drug-likeness (QED) is 0.663. The van der Waals surface area contributed by atoms with Crippen molar-refractivity contribution in [2.24, 2.45) is 0 Å². The Bertz CT molecular complexity index is 375. The average molecular weight is 184 g/mol. The number of fused-ring (bicyclic) bond motifs is 1. The molecule has 0 aliphatic carbocycles. The first-order valence-electron chi connectivity index (χ1n) is 3.50.